The zero-order valence-corrected chi connectivity index (χ0v) is 5.18. The van der Waals surface area contributed by atoms with Crippen LogP contribution >= 0.6 is 0 Å². The van der Waals surface area contributed by atoms with Crippen molar-refractivity contribution in [3.8, 4) is 0 Å². The van der Waals surface area contributed by atoms with Gasteiger partial charge in [0.2, 0.25) is 0 Å². The van der Waals surface area contributed by atoms with Gasteiger partial charge in [0, 0.05) is 0 Å². The molecule has 1 N–H and O–H groups in total. The topological polar surface area (TPSA) is 37.3 Å². The predicted octanol–water partition coefficient (Wildman–Crippen LogP) is -1.45. The van der Waals surface area contributed by atoms with E-state index < -0.39 is 13.8 Å². The van der Waals surface area contributed by atoms with E-state index >= 15 is 0 Å². The van der Waals surface area contributed by atoms with Gasteiger partial charge in [0.05, 0.1) is 0 Å². The summed E-state index contributed by atoms with van der Waals surface area (Å²) in [5.41, 5.74) is 2.72. The molecule has 5 heteroatoms. The third-order valence-corrected chi connectivity index (χ3v) is 0. The van der Waals surface area contributed by atoms with Crippen molar-refractivity contribution in [1.29, 1.82) is 0 Å². The van der Waals surface area contributed by atoms with Crippen LogP contribution in [0.2, 0.25) is 11.4 Å². The molecule has 0 atom stereocenters. The molecule has 0 unspecified atom stereocenters. The third-order valence-electron chi connectivity index (χ3n) is 0. The minimum atomic E-state index is -3.12. The molecule has 7 heavy (non-hydrogen) atoms. The first-order valence-electron chi connectivity index (χ1n) is 1.28. The molecule has 2 nitrogen and oxygen atoms in total. The van der Waals surface area contributed by atoms with Crippen LogP contribution in [0.4, 0.5) is 0 Å². The van der Waals surface area contributed by atoms with Crippen LogP contribution in [0.5, 0.6) is 0 Å². The fraction of sp³-hybridized carbons (Fsp3) is 1.00. The van der Waals surface area contributed by atoms with Gasteiger partial charge in [0.1, 0.15) is 0 Å². The minimum absolute atomic E-state index is 0. The molecule has 0 amide bonds. The second kappa shape index (κ2) is 6.69. The summed E-state index contributed by atoms with van der Waals surface area (Å²) in [5.74, 6) is 0. The van der Waals surface area contributed by atoms with E-state index in [0.717, 1.165) is 0 Å². The summed E-state index contributed by atoms with van der Waals surface area (Å²) >= 11 is -3.12. The Balaban J connectivity index is -0.0000000800. The van der Waals surface area contributed by atoms with Crippen molar-refractivity contribution in [2.75, 3.05) is 0 Å². The number of hydrogen-bond donors (Lipinski definition) is 1. The van der Waals surface area contributed by atoms with Crippen molar-refractivity contribution in [3.05, 3.63) is 0 Å². The summed E-state index contributed by atoms with van der Waals surface area (Å²) in [6.45, 7) is 0. The van der Waals surface area contributed by atoms with Gasteiger partial charge in [0.15, 0.2) is 0 Å². The number of rotatable bonds is 0. The maximum atomic E-state index is 9.83. The van der Waals surface area contributed by atoms with Crippen LogP contribution in [-0.2, 0) is 3.74 Å². The molecule has 0 aromatic heterocycles. The quantitative estimate of drug-likeness (QED) is 0.490. The van der Waals surface area contributed by atoms with Gasteiger partial charge in [0.25, 0.3) is 0 Å². The first kappa shape index (κ1) is 16.3. The molecule has 0 radical (unpaired) electrons. The molecule has 0 aliphatic rings. The second-order valence-electron chi connectivity index (χ2n) is 1.29. The molecule has 0 aromatic carbocycles. The molecule has 0 saturated heterocycles. The monoisotopic (exact) mass is 204 g/mol. The summed E-state index contributed by atoms with van der Waals surface area (Å²) in [6.07, 6.45) is 0. The van der Waals surface area contributed by atoms with Gasteiger partial charge < -0.3 is 0 Å². The molecule has 0 aliphatic heterocycles. The Labute approximate surface area is 98.4 Å². The van der Waals surface area contributed by atoms with Crippen molar-refractivity contribution < 1.29 is 7.84 Å². The van der Waals surface area contributed by atoms with Gasteiger partial charge in [-0.1, -0.05) is 0 Å². The summed E-state index contributed by atoms with van der Waals surface area (Å²) in [4.78, 5) is 0. The molecule has 0 saturated carbocycles. The van der Waals surface area contributed by atoms with Gasteiger partial charge in [-0.2, -0.15) is 0 Å². The maximum absolute atomic E-state index is 9.83. The van der Waals surface area contributed by atoms with E-state index in [9.17, 15) is 3.74 Å². The Kier molecular flexibility index (Phi) is 15.6. The van der Waals surface area contributed by atoms with Gasteiger partial charge in [-0.05, 0) is 0 Å². The molecule has 0 rings (SSSR count). The van der Waals surface area contributed by atoms with E-state index in [1.165, 1.54) is 11.4 Å². The van der Waals surface area contributed by atoms with E-state index in [1.807, 2.05) is 0 Å². The van der Waals surface area contributed by atoms with Crippen molar-refractivity contribution >= 4 is 81.1 Å². The Morgan fingerprint density at radius 1 is 1.43 bits per heavy atom. The Bertz CT molecular complexity index is 61.8. The van der Waals surface area contributed by atoms with E-state index in [1.54, 1.807) is 0 Å². The summed E-state index contributed by atoms with van der Waals surface area (Å²) in [6, 6.07) is 0. The summed E-state index contributed by atoms with van der Waals surface area (Å²) < 4.78 is 18.0. The zero-order valence-electron chi connectivity index (χ0n) is 3.30. The predicted molar refractivity (Wildman–Crippen MR) is 36.1 cm³/mol. The van der Waals surface area contributed by atoms with Crippen LogP contribution in [0.1, 0.15) is 0 Å². The van der Waals surface area contributed by atoms with Gasteiger partial charge >= 0.3 is 100 Å². The number of hydrogen-bond acceptors (Lipinski definition) is 1. The normalized spacial score (nSPS) is 8.43. The molecule has 38 valence electrons. The van der Waals surface area contributed by atoms with Crippen LogP contribution in [0.25, 0.3) is 0 Å². The molecule has 0 aromatic rings. The first-order chi connectivity index (χ1) is 2.00. The average Bonchev–Trinajstić information content (AvgIpc) is 0.722. The molecule has 0 heterocycles. The zero-order chi connectivity index (χ0) is 4.50. The van der Waals surface area contributed by atoms with E-state index in [-0.39, 0.29) is 67.3 Å². The molecular weight excluding hydrogens is 194 g/mol. The SMILES string of the molecule is C[As](C)(=O)O.[CaH2].[NaH]. The van der Waals surface area contributed by atoms with Crippen LogP contribution in [-0.4, -0.2) is 85.2 Å². The van der Waals surface area contributed by atoms with E-state index in [0.29, 0.717) is 0 Å². The second-order valence-corrected chi connectivity index (χ2v) is 6.72. The summed E-state index contributed by atoms with van der Waals surface area (Å²) in [5, 5.41) is 0. The van der Waals surface area contributed by atoms with Crippen LogP contribution < -0.4 is 0 Å². The Hall–Kier alpha value is 2.58. The van der Waals surface area contributed by atoms with Crippen molar-refractivity contribution in [1.82, 2.24) is 0 Å². The first-order valence-corrected chi connectivity index (χ1v) is 6.64. The molecule has 0 fully saturated rings. The van der Waals surface area contributed by atoms with Crippen molar-refractivity contribution in [2.24, 2.45) is 0 Å². The van der Waals surface area contributed by atoms with Gasteiger partial charge in [-0.3, -0.25) is 0 Å². The van der Waals surface area contributed by atoms with Gasteiger partial charge in [-0.25, -0.2) is 0 Å². The van der Waals surface area contributed by atoms with Crippen molar-refractivity contribution in [2.45, 2.75) is 11.4 Å². The fourth-order valence-corrected chi connectivity index (χ4v) is 0. The van der Waals surface area contributed by atoms with Crippen LogP contribution in [0, 0.1) is 0 Å². The molecular formula is C2H10AsCaNaO2. The molecule has 0 aliphatic carbocycles. The van der Waals surface area contributed by atoms with Gasteiger partial charge in [-0.15, -0.1) is 0 Å². The van der Waals surface area contributed by atoms with Crippen molar-refractivity contribution in [3.63, 3.8) is 0 Å². The molecule has 0 bridgehead atoms. The molecule has 0 spiro atoms. The standard InChI is InChI=1S/C2H7AsO2.Ca.Na.3H/c1-3(2,4)5;;;;;/h1-2H3,(H,4,5);;;;;. The average molecular weight is 204 g/mol. The third kappa shape index (κ3) is 55.8. The van der Waals surface area contributed by atoms with Crippen LogP contribution in [0.3, 0.4) is 0 Å². The van der Waals surface area contributed by atoms with E-state index in [4.69, 9.17) is 4.10 Å². The van der Waals surface area contributed by atoms with E-state index in [2.05, 4.69) is 0 Å². The Morgan fingerprint density at radius 3 is 1.43 bits per heavy atom. The fourth-order valence-electron chi connectivity index (χ4n) is 0. The van der Waals surface area contributed by atoms with Crippen LogP contribution in [0.15, 0.2) is 0 Å². The Morgan fingerprint density at radius 2 is 1.43 bits per heavy atom. The summed E-state index contributed by atoms with van der Waals surface area (Å²) in [7, 11) is 0.